The minimum Gasteiger partial charge on any atom is -0.468 e. The molecule has 1 atom stereocenters. The van der Waals surface area contributed by atoms with Crippen molar-refractivity contribution in [3.8, 4) is 0 Å². The van der Waals surface area contributed by atoms with E-state index < -0.39 is 0 Å². The van der Waals surface area contributed by atoms with E-state index in [2.05, 4.69) is 41.3 Å². The summed E-state index contributed by atoms with van der Waals surface area (Å²) in [5, 5.41) is 6.67. The maximum absolute atomic E-state index is 5.48. The second-order valence-corrected chi connectivity index (χ2v) is 5.82. The van der Waals surface area contributed by atoms with Crippen LogP contribution < -0.4 is 10.6 Å². The summed E-state index contributed by atoms with van der Waals surface area (Å²) in [4.78, 5) is 6.35. The van der Waals surface area contributed by atoms with Crippen molar-refractivity contribution in [1.82, 2.24) is 15.5 Å². The van der Waals surface area contributed by atoms with E-state index in [0.717, 1.165) is 18.3 Å². The number of rotatable bonds is 4. The number of aliphatic imine (C=N–C) groups is 1. The Balaban J connectivity index is 0.00000361. The Hall–Kier alpha value is -0.760. The lowest BCUT2D eigenvalue weighted by atomic mass is 10.1. The van der Waals surface area contributed by atoms with Gasteiger partial charge in [0.15, 0.2) is 5.96 Å². The molecule has 0 bridgehead atoms. The molecule has 116 valence electrons. The molecular formula is C14H27IN4O. The third kappa shape index (κ3) is 6.60. The first-order chi connectivity index (χ1) is 8.83. The quantitative estimate of drug-likeness (QED) is 0.468. The van der Waals surface area contributed by atoms with Crippen LogP contribution in [0.2, 0.25) is 0 Å². The van der Waals surface area contributed by atoms with Gasteiger partial charge in [-0.1, -0.05) is 0 Å². The number of hydrogen-bond acceptors (Lipinski definition) is 3. The molecule has 1 aromatic rings. The highest BCUT2D eigenvalue weighted by molar-refractivity contribution is 14.0. The average molecular weight is 394 g/mol. The SMILES string of the molecule is CN=C(NCC(c1ccco1)N(C)C)NC(C)(C)C.I. The van der Waals surface area contributed by atoms with Gasteiger partial charge in [0.05, 0.1) is 12.3 Å². The molecule has 1 unspecified atom stereocenters. The standard InChI is InChI=1S/C14H26N4O.HI/c1-14(2,3)17-13(15-4)16-10-11(18(5)6)12-8-7-9-19-12;/h7-9,11H,10H2,1-6H3,(H2,15,16,17);1H. The predicted molar refractivity (Wildman–Crippen MR) is 94.8 cm³/mol. The number of hydrogen-bond donors (Lipinski definition) is 2. The van der Waals surface area contributed by atoms with Gasteiger partial charge in [-0.3, -0.25) is 9.89 Å². The minimum atomic E-state index is -0.0138. The molecule has 6 heteroatoms. The van der Waals surface area contributed by atoms with Gasteiger partial charge >= 0.3 is 0 Å². The number of nitrogens with one attached hydrogen (secondary N) is 2. The second-order valence-electron chi connectivity index (χ2n) is 5.82. The van der Waals surface area contributed by atoms with E-state index in [0.29, 0.717) is 0 Å². The van der Waals surface area contributed by atoms with Crippen LogP contribution in [0.15, 0.2) is 27.8 Å². The normalized spacial score (nSPS) is 13.8. The number of furan rings is 1. The molecule has 20 heavy (non-hydrogen) atoms. The highest BCUT2D eigenvalue weighted by Gasteiger charge is 2.18. The van der Waals surface area contributed by atoms with Crippen molar-refractivity contribution in [2.75, 3.05) is 27.7 Å². The summed E-state index contributed by atoms with van der Waals surface area (Å²) in [6.45, 7) is 7.05. The van der Waals surface area contributed by atoms with E-state index in [1.54, 1.807) is 13.3 Å². The molecular weight excluding hydrogens is 367 g/mol. The smallest absolute Gasteiger partial charge is 0.191 e. The van der Waals surface area contributed by atoms with Crippen LogP contribution in [0, 0.1) is 0 Å². The summed E-state index contributed by atoms with van der Waals surface area (Å²) in [6, 6.07) is 4.08. The zero-order valence-electron chi connectivity index (χ0n) is 13.2. The fourth-order valence-electron chi connectivity index (χ4n) is 1.75. The maximum Gasteiger partial charge on any atom is 0.191 e. The molecule has 0 amide bonds. The predicted octanol–water partition coefficient (Wildman–Crippen LogP) is 2.46. The van der Waals surface area contributed by atoms with Crippen molar-refractivity contribution in [3.63, 3.8) is 0 Å². The maximum atomic E-state index is 5.48. The van der Waals surface area contributed by atoms with E-state index in [-0.39, 0.29) is 35.6 Å². The van der Waals surface area contributed by atoms with Gasteiger partial charge in [-0.2, -0.15) is 0 Å². The first-order valence-corrected chi connectivity index (χ1v) is 6.52. The number of likely N-dealkylation sites (N-methyl/N-ethyl adjacent to an activating group) is 1. The van der Waals surface area contributed by atoms with E-state index in [1.165, 1.54) is 0 Å². The molecule has 0 saturated carbocycles. The number of nitrogens with zero attached hydrogens (tertiary/aromatic N) is 2. The van der Waals surface area contributed by atoms with Crippen LogP contribution in [0.5, 0.6) is 0 Å². The van der Waals surface area contributed by atoms with Gasteiger partial charge in [0.25, 0.3) is 0 Å². The van der Waals surface area contributed by atoms with E-state index in [1.807, 2.05) is 26.2 Å². The first-order valence-electron chi connectivity index (χ1n) is 6.52. The average Bonchev–Trinajstić information content (AvgIpc) is 2.79. The third-order valence-corrected chi connectivity index (χ3v) is 2.67. The van der Waals surface area contributed by atoms with Crippen molar-refractivity contribution in [2.45, 2.75) is 32.4 Å². The summed E-state index contributed by atoms with van der Waals surface area (Å²) in [6.07, 6.45) is 1.70. The fraction of sp³-hybridized carbons (Fsp3) is 0.643. The molecule has 0 fully saturated rings. The molecule has 0 radical (unpaired) electrons. The van der Waals surface area contributed by atoms with Gasteiger partial charge < -0.3 is 15.1 Å². The molecule has 2 N–H and O–H groups in total. The fourth-order valence-corrected chi connectivity index (χ4v) is 1.75. The Kier molecular flexibility index (Phi) is 8.19. The molecule has 0 aliphatic heterocycles. The van der Waals surface area contributed by atoms with Crippen LogP contribution in [-0.4, -0.2) is 44.1 Å². The molecule has 1 aromatic heterocycles. The highest BCUT2D eigenvalue weighted by atomic mass is 127. The van der Waals surface area contributed by atoms with Gasteiger partial charge in [0.2, 0.25) is 0 Å². The van der Waals surface area contributed by atoms with Gasteiger partial charge in [-0.05, 0) is 47.0 Å². The molecule has 1 rings (SSSR count). The Labute approximate surface area is 139 Å². The van der Waals surface area contributed by atoms with Crippen LogP contribution in [0.3, 0.4) is 0 Å². The monoisotopic (exact) mass is 394 g/mol. The van der Waals surface area contributed by atoms with Crippen LogP contribution in [0.25, 0.3) is 0 Å². The van der Waals surface area contributed by atoms with Gasteiger partial charge in [0, 0.05) is 19.1 Å². The van der Waals surface area contributed by atoms with Crippen molar-refractivity contribution in [3.05, 3.63) is 24.2 Å². The van der Waals surface area contributed by atoms with E-state index in [9.17, 15) is 0 Å². The van der Waals surface area contributed by atoms with Crippen LogP contribution in [0.1, 0.15) is 32.6 Å². The topological polar surface area (TPSA) is 52.8 Å². The summed E-state index contributed by atoms with van der Waals surface area (Å²) in [5.41, 5.74) is -0.0138. The lowest BCUT2D eigenvalue weighted by molar-refractivity contribution is 0.257. The van der Waals surface area contributed by atoms with Crippen molar-refractivity contribution >= 4 is 29.9 Å². The minimum absolute atomic E-state index is 0. The first kappa shape index (κ1) is 19.2. The van der Waals surface area contributed by atoms with Crippen molar-refractivity contribution in [1.29, 1.82) is 0 Å². The molecule has 0 saturated heterocycles. The third-order valence-electron chi connectivity index (χ3n) is 2.67. The largest absolute Gasteiger partial charge is 0.468 e. The zero-order chi connectivity index (χ0) is 14.5. The molecule has 1 heterocycles. The van der Waals surface area contributed by atoms with E-state index in [4.69, 9.17) is 4.42 Å². The Morgan fingerprint density at radius 1 is 1.40 bits per heavy atom. The summed E-state index contributed by atoms with van der Waals surface area (Å²) >= 11 is 0. The molecule has 5 nitrogen and oxygen atoms in total. The zero-order valence-corrected chi connectivity index (χ0v) is 15.6. The second kappa shape index (κ2) is 8.51. The number of halogens is 1. The van der Waals surface area contributed by atoms with Crippen molar-refractivity contribution in [2.24, 2.45) is 4.99 Å². The van der Waals surface area contributed by atoms with Crippen LogP contribution in [0.4, 0.5) is 0 Å². The lowest BCUT2D eigenvalue weighted by Crippen LogP contribution is -2.49. The van der Waals surface area contributed by atoms with Gasteiger partial charge in [-0.25, -0.2) is 0 Å². The lowest BCUT2D eigenvalue weighted by Gasteiger charge is -2.27. The van der Waals surface area contributed by atoms with Crippen LogP contribution in [-0.2, 0) is 0 Å². The Morgan fingerprint density at radius 2 is 2.05 bits per heavy atom. The van der Waals surface area contributed by atoms with Crippen LogP contribution >= 0.6 is 24.0 Å². The molecule has 0 aliphatic carbocycles. The Bertz CT molecular complexity index is 396. The molecule has 0 aliphatic rings. The highest BCUT2D eigenvalue weighted by Crippen LogP contribution is 2.17. The van der Waals surface area contributed by atoms with Crippen molar-refractivity contribution < 1.29 is 4.42 Å². The summed E-state index contributed by atoms with van der Waals surface area (Å²) in [5.74, 6) is 1.75. The molecule has 0 aromatic carbocycles. The van der Waals surface area contributed by atoms with E-state index >= 15 is 0 Å². The molecule has 0 spiro atoms. The van der Waals surface area contributed by atoms with Gasteiger partial charge in [-0.15, -0.1) is 24.0 Å². The summed E-state index contributed by atoms with van der Waals surface area (Å²) in [7, 11) is 5.85. The Morgan fingerprint density at radius 3 is 2.45 bits per heavy atom. The number of guanidine groups is 1. The van der Waals surface area contributed by atoms with Gasteiger partial charge in [0.1, 0.15) is 5.76 Å². The summed E-state index contributed by atoms with van der Waals surface area (Å²) < 4.78 is 5.48.